The summed E-state index contributed by atoms with van der Waals surface area (Å²) in [7, 11) is 0. The van der Waals surface area contributed by atoms with Gasteiger partial charge in [0.15, 0.2) is 0 Å². The maximum absolute atomic E-state index is 16.8. The summed E-state index contributed by atoms with van der Waals surface area (Å²) >= 11 is 8.62. The fraction of sp³-hybridized carbons (Fsp3) is 0.656. The van der Waals surface area contributed by atoms with Gasteiger partial charge in [-0.25, -0.2) is 0 Å². The summed E-state index contributed by atoms with van der Waals surface area (Å²) in [5, 5.41) is 0. The van der Waals surface area contributed by atoms with Crippen molar-refractivity contribution in [1.29, 1.82) is 0 Å². The fourth-order valence-electron chi connectivity index (χ4n) is 22.0. The predicted octanol–water partition coefficient (Wildman–Crippen LogP) is 38.7. The van der Waals surface area contributed by atoms with Crippen LogP contribution in [0.1, 0.15) is 486 Å². The molecule has 137 heavy (non-hydrogen) atoms. The van der Waals surface area contributed by atoms with Crippen molar-refractivity contribution in [3.05, 3.63) is 151 Å². The van der Waals surface area contributed by atoms with E-state index in [1.807, 2.05) is 24.5 Å². The number of fused-ring (bicyclic) bond motifs is 2. The molecule has 4 amide bonds. The van der Waals surface area contributed by atoms with Crippen molar-refractivity contribution in [3.8, 4) is 40.7 Å². The zero-order chi connectivity index (χ0) is 96.2. The molecule has 754 valence electrons. The van der Waals surface area contributed by atoms with Gasteiger partial charge < -0.3 is 19.6 Å². The largest absolute Gasteiger partial charge is 0.306 e. The normalized spacial score (nSPS) is 15.0. The van der Waals surface area contributed by atoms with Gasteiger partial charge in [0.25, 0.3) is 23.6 Å². The highest BCUT2D eigenvalue weighted by Crippen LogP contribution is 2.55. The molecule has 4 atom stereocenters. The Morgan fingerprint density at radius 2 is 0.358 bits per heavy atom. The molecule has 0 saturated heterocycles. The van der Waals surface area contributed by atoms with Gasteiger partial charge in [0.2, 0.25) is 0 Å². The van der Waals surface area contributed by atoms with Crippen LogP contribution in [0.15, 0.2) is 132 Å². The number of unbranched alkanes of at least 4 members (excludes halogenated alkanes) is 48. The lowest BCUT2D eigenvalue weighted by Gasteiger charge is -2.29. The summed E-state index contributed by atoms with van der Waals surface area (Å²) in [5.74, 6) is 1.12. The van der Waals surface area contributed by atoms with Crippen molar-refractivity contribution in [1.82, 2.24) is 29.6 Å². The summed E-state index contributed by atoms with van der Waals surface area (Å²) in [6.07, 6.45) is 82.3. The average molecular weight is 1960 g/mol. The molecule has 0 saturated carbocycles. The first-order valence-corrected chi connectivity index (χ1v) is 61.1. The van der Waals surface area contributed by atoms with Crippen molar-refractivity contribution in [2.75, 3.05) is 26.2 Å². The van der Waals surface area contributed by atoms with Crippen LogP contribution in [0.2, 0.25) is 0 Å². The molecule has 0 spiro atoms. The van der Waals surface area contributed by atoms with Gasteiger partial charge in [-0.05, 0) is 160 Å². The van der Waals surface area contributed by atoms with E-state index in [9.17, 15) is 0 Å². The van der Waals surface area contributed by atoms with Crippen LogP contribution >= 0.6 is 56.7 Å². The zero-order valence-corrected chi connectivity index (χ0v) is 91.2. The van der Waals surface area contributed by atoms with E-state index < -0.39 is 0 Å². The van der Waals surface area contributed by atoms with E-state index in [1.54, 1.807) is 56.7 Å². The van der Waals surface area contributed by atoms with Gasteiger partial charge in [-0.1, -0.05) is 427 Å². The number of thiophene rings is 5. The Kier molecular flexibility index (Phi) is 52.1. The van der Waals surface area contributed by atoms with Crippen molar-refractivity contribution in [2.24, 2.45) is 23.7 Å². The number of hydrogen-bond acceptors (Lipinski definition) is 11. The van der Waals surface area contributed by atoms with E-state index in [1.165, 1.54) is 308 Å². The fourth-order valence-corrected chi connectivity index (χ4v) is 27.4. The van der Waals surface area contributed by atoms with Crippen LogP contribution in [-0.4, -0.2) is 79.4 Å². The molecule has 7 aromatic heterocycles. The maximum Gasteiger partial charge on any atom is 0.261 e. The molecule has 0 radical (unpaired) electrons. The molecule has 11 rings (SSSR count). The van der Waals surface area contributed by atoms with Crippen molar-refractivity contribution < 1.29 is 19.2 Å². The molecular weight excluding hydrogens is 1770 g/mol. The molecule has 0 N–H and O–H groups in total. The predicted molar refractivity (Wildman–Crippen MR) is 595 cm³/mol. The number of amides is 4. The van der Waals surface area contributed by atoms with E-state index in [2.05, 4.69) is 160 Å². The number of nitrogens with zero attached hydrogens (tertiary/aromatic N) is 6. The third kappa shape index (κ3) is 34.7. The SMILES string of the molecule is CCCCCCCCCCC(CCCCCCCC)CN1C(=O)C2=C(c3ccc(-c4ccc(-c5ccc(C6=C7C(=O)N(CC(CCCCCCCC)CCCCCCCCCC)C(c8ccc(-c9ccccn9)s8)=C7C(=O)N6CC(CCCCCCCC)CCCCCCCCCC)s5)s4)s3)N(CC(CCCCCCCC)CCCCCCCCCC)C(=O)C2=C1c1ccc(-c2ccccn2)s1. The summed E-state index contributed by atoms with van der Waals surface area (Å²) in [4.78, 5) is 95.7. The summed E-state index contributed by atoms with van der Waals surface area (Å²) in [6.45, 7) is 20.8. The van der Waals surface area contributed by atoms with Gasteiger partial charge in [0.1, 0.15) is 0 Å². The van der Waals surface area contributed by atoms with Crippen molar-refractivity contribution >= 4 is 103 Å². The molecule has 10 nitrogen and oxygen atoms in total. The van der Waals surface area contributed by atoms with Gasteiger partial charge in [-0.2, -0.15) is 0 Å². The molecule has 0 bridgehead atoms. The summed E-state index contributed by atoms with van der Waals surface area (Å²) in [6, 6.07) is 34.5. The molecule has 7 aromatic rings. The van der Waals surface area contributed by atoms with E-state index in [0.717, 1.165) is 186 Å². The van der Waals surface area contributed by atoms with Crippen LogP contribution in [0.25, 0.3) is 63.4 Å². The number of hydrogen-bond donors (Lipinski definition) is 0. The topological polar surface area (TPSA) is 107 Å². The molecule has 0 aliphatic carbocycles. The Bertz CT molecular complexity index is 4430. The molecule has 4 aliphatic rings. The Morgan fingerprint density at radius 3 is 0.540 bits per heavy atom. The number of rotatable bonds is 80. The van der Waals surface area contributed by atoms with Crippen LogP contribution in [0.4, 0.5) is 0 Å². The minimum absolute atomic E-state index is 0.0146. The quantitative estimate of drug-likeness (QED) is 0.0352. The van der Waals surface area contributed by atoms with E-state index in [4.69, 9.17) is 9.97 Å². The first-order valence-electron chi connectivity index (χ1n) is 57.1. The van der Waals surface area contributed by atoms with Crippen LogP contribution < -0.4 is 0 Å². The highest BCUT2D eigenvalue weighted by atomic mass is 32.1. The number of carbonyl (C=O) groups is 4. The van der Waals surface area contributed by atoms with E-state index in [0.29, 0.717) is 60.3 Å². The lowest BCUT2D eigenvalue weighted by Crippen LogP contribution is -2.34. The van der Waals surface area contributed by atoms with Crippen molar-refractivity contribution in [2.45, 2.75) is 466 Å². The highest BCUT2D eigenvalue weighted by Gasteiger charge is 2.52. The van der Waals surface area contributed by atoms with E-state index in [-0.39, 0.29) is 35.5 Å². The third-order valence-corrected chi connectivity index (χ3v) is 36.0. The number of pyridine rings is 2. The Balaban J connectivity index is 0.996. The van der Waals surface area contributed by atoms with Gasteiger partial charge in [0, 0.05) is 58.1 Å². The smallest absolute Gasteiger partial charge is 0.261 e. The molecule has 4 unspecified atom stereocenters. The minimum atomic E-state index is -0.0146. The van der Waals surface area contributed by atoms with Crippen LogP contribution in [0.3, 0.4) is 0 Å². The molecule has 0 fully saturated rings. The Labute approximate surface area is 853 Å². The lowest BCUT2D eigenvalue weighted by atomic mass is 9.93. The standard InChI is InChI=1S/C122H182N6O4S5/c1-9-17-25-33-41-45-53-61-73-95(69-57-49-37-29-21-13-5)91-125-115(107-85-79-101(133-107)99-77-65-67-89-123-99)111-113(121(125)131)117(127(119(111)129)93-97(71-59-51-39-31-23-15-7)75-63-55-47-43-35-27-19-11-3)109-87-83-105(136-109)103-81-82-104(135-103)106-84-88-110(137-106)118-114-112(120(130)128(118)94-98(72-60-52-40-32-24-16-8)76-64-56-48-44-36-28-20-12-4)116(108-86-80-102(134-108)100-78-66-68-90-124-100)126(122(114)132)92-96(70-58-50-38-30-22-14-6)74-62-54-46-42-34-26-18-10-2/h65-68,77-90,95-98H,9-64,69-76,91-94H2,1-8H3. The summed E-state index contributed by atoms with van der Waals surface area (Å²) in [5.41, 5.74) is 7.43. The second-order valence-corrected chi connectivity index (χ2v) is 47.0. The first-order chi connectivity index (χ1) is 67.5. The molecule has 0 aromatic carbocycles. The van der Waals surface area contributed by atoms with Crippen LogP contribution in [-0.2, 0) is 19.2 Å². The molecule has 4 aliphatic heterocycles. The molecular formula is C122H182N6O4S5. The van der Waals surface area contributed by atoms with Gasteiger partial charge >= 0.3 is 0 Å². The van der Waals surface area contributed by atoms with E-state index >= 15 is 19.2 Å². The van der Waals surface area contributed by atoms with Crippen LogP contribution in [0, 0.1) is 23.7 Å². The minimum Gasteiger partial charge on any atom is -0.306 e. The van der Waals surface area contributed by atoms with Gasteiger partial charge in [0.05, 0.1) is 85.7 Å². The van der Waals surface area contributed by atoms with Gasteiger partial charge in [-0.3, -0.25) is 29.1 Å². The maximum atomic E-state index is 16.8. The zero-order valence-electron chi connectivity index (χ0n) is 87.1. The molecule has 11 heterocycles. The number of aromatic nitrogens is 2. The van der Waals surface area contributed by atoms with Gasteiger partial charge in [-0.15, -0.1) is 56.7 Å². The lowest BCUT2D eigenvalue weighted by molar-refractivity contribution is -0.124. The monoisotopic (exact) mass is 1960 g/mol. The second kappa shape index (κ2) is 64.3. The Hall–Kier alpha value is -6.36. The van der Waals surface area contributed by atoms with Crippen LogP contribution in [0.5, 0.6) is 0 Å². The highest BCUT2D eigenvalue weighted by molar-refractivity contribution is 7.27. The number of carbonyl (C=O) groups excluding carboxylic acids is 4. The first kappa shape index (κ1) is 111. The summed E-state index contributed by atoms with van der Waals surface area (Å²) < 4.78 is 0. The van der Waals surface area contributed by atoms with Crippen molar-refractivity contribution in [3.63, 3.8) is 0 Å². The average Bonchev–Trinajstić information content (AvgIpc) is 1.55. The second-order valence-electron chi connectivity index (χ2n) is 41.6. The molecule has 15 heteroatoms. The Morgan fingerprint density at radius 1 is 0.197 bits per heavy atom. The third-order valence-electron chi connectivity index (χ3n) is 30.1.